The van der Waals surface area contributed by atoms with E-state index in [2.05, 4.69) is 12.2 Å². The summed E-state index contributed by atoms with van der Waals surface area (Å²) in [4.78, 5) is 39.8. The third-order valence-corrected chi connectivity index (χ3v) is 7.53. The zero-order valence-corrected chi connectivity index (χ0v) is 14.9. The van der Waals surface area contributed by atoms with Crippen molar-refractivity contribution >= 4 is 17.7 Å². The lowest BCUT2D eigenvalue weighted by Gasteiger charge is -2.42. The van der Waals surface area contributed by atoms with Gasteiger partial charge in [0.25, 0.3) is 0 Å². The summed E-state index contributed by atoms with van der Waals surface area (Å²) in [6.07, 6.45) is 7.84. The average molecular weight is 358 g/mol. The first-order valence-electron chi connectivity index (χ1n) is 9.89. The van der Waals surface area contributed by atoms with Crippen LogP contribution in [0.2, 0.25) is 0 Å². The lowest BCUT2D eigenvalue weighted by Crippen LogP contribution is -2.59. The fourth-order valence-electron chi connectivity index (χ4n) is 6.29. The Morgan fingerprint density at radius 2 is 2.00 bits per heavy atom. The average Bonchev–Trinajstić information content (AvgIpc) is 3.17. The molecule has 5 aliphatic rings. The van der Waals surface area contributed by atoms with Gasteiger partial charge in [0.1, 0.15) is 12.0 Å². The minimum absolute atomic E-state index is 0.0422. The van der Waals surface area contributed by atoms with E-state index < -0.39 is 35.5 Å². The number of ketones is 1. The number of hydrogen-bond donors (Lipinski definition) is 0. The second-order valence-corrected chi connectivity index (χ2v) is 8.70. The fraction of sp³-hybridized carbons (Fsp3) is 0.750. The molecule has 1 saturated carbocycles. The van der Waals surface area contributed by atoms with Gasteiger partial charge in [0.05, 0.1) is 5.92 Å². The first-order chi connectivity index (χ1) is 12.4. The second kappa shape index (κ2) is 5.41. The van der Waals surface area contributed by atoms with Gasteiger partial charge in [-0.25, -0.2) is 0 Å². The van der Waals surface area contributed by atoms with Crippen LogP contribution in [-0.2, 0) is 19.1 Å². The number of fused-ring (bicyclic) bond motifs is 1. The monoisotopic (exact) mass is 358 g/mol. The maximum absolute atomic E-state index is 13.5. The van der Waals surface area contributed by atoms with Crippen molar-refractivity contribution in [3.8, 4) is 0 Å². The molecule has 0 N–H and O–H groups in total. The maximum Gasteiger partial charge on any atom is 0.310 e. The summed E-state index contributed by atoms with van der Waals surface area (Å²) in [6, 6.07) is 0. The van der Waals surface area contributed by atoms with Crippen LogP contribution in [0, 0.1) is 35.5 Å². The molecule has 0 aromatic rings. The van der Waals surface area contributed by atoms with E-state index in [-0.39, 0.29) is 30.1 Å². The van der Waals surface area contributed by atoms with Crippen molar-refractivity contribution in [3.63, 3.8) is 0 Å². The Morgan fingerprint density at radius 3 is 2.81 bits per heavy atom. The molecule has 3 saturated heterocycles. The summed E-state index contributed by atoms with van der Waals surface area (Å²) >= 11 is 0. The normalized spacial score (nSPS) is 49.2. The Bertz CT molecular complexity index is 717. The SMILES string of the molecule is C[C@H]1C=C[C@H]2CCCCC2C1C(=O)C1C(=O)N2CC[C@H]3C(=O)O[C@@H]1[C@]32[O-]. The number of amides is 1. The lowest BCUT2D eigenvalue weighted by atomic mass is 9.62. The summed E-state index contributed by atoms with van der Waals surface area (Å²) in [5.41, 5.74) is -1.87. The van der Waals surface area contributed by atoms with Gasteiger partial charge >= 0.3 is 5.97 Å². The van der Waals surface area contributed by atoms with Crippen LogP contribution in [0.4, 0.5) is 0 Å². The summed E-state index contributed by atoms with van der Waals surface area (Å²) in [7, 11) is 0. The second-order valence-electron chi connectivity index (χ2n) is 8.70. The van der Waals surface area contributed by atoms with E-state index >= 15 is 0 Å². The number of carbonyl (C=O) groups excluding carboxylic acids is 3. The highest BCUT2D eigenvalue weighted by atomic mass is 16.6. The summed E-state index contributed by atoms with van der Waals surface area (Å²) < 4.78 is 5.34. The van der Waals surface area contributed by atoms with Gasteiger partial charge in [0, 0.05) is 18.2 Å². The molecule has 0 radical (unpaired) electrons. The molecule has 0 bridgehead atoms. The van der Waals surface area contributed by atoms with E-state index in [4.69, 9.17) is 4.74 Å². The van der Waals surface area contributed by atoms with Crippen LogP contribution in [0.25, 0.3) is 0 Å². The van der Waals surface area contributed by atoms with Crippen molar-refractivity contribution < 1.29 is 24.2 Å². The molecule has 8 atom stereocenters. The molecule has 1 amide bonds. The third kappa shape index (κ3) is 1.89. The quantitative estimate of drug-likeness (QED) is 0.411. The van der Waals surface area contributed by atoms with Gasteiger partial charge in [-0.15, -0.1) is 0 Å². The van der Waals surface area contributed by atoms with Crippen molar-refractivity contribution in [2.75, 3.05) is 6.54 Å². The van der Waals surface area contributed by atoms with Crippen molar-refractivity contribution in [2.45, 2.75) is 50.9 Å². The topological polar surface area (TPSA) is 86.7 Å². The van der Waals surface area contributed by atoms with E-state index in [1.54, 1.807) is 0 Å². The van der Waals surface area contributed by atoms with Crippen molar-refractivity contribution in [1.29, 1.82) is 0 Å². The number of nitrogens with zero attached hydrogens (tertiary/aromatic N) is 1. The molecule has 6 heteroatoms. The van der Waals surface area contributed by atoms with Gasteiger partial charge in [0.2, 0.25) is 5.91 Å². The zero-order chi connectivity index (χ0) is 18.2. The van der Waals surface area contributed by atoms with Crippen LogP contribution in [-0.4, -0.2) is 40.9 Å². The number of Topliss-reactive ketones (excluding diaryl/α,β-unsaturated/α-hetero) is 1. The first-order valence-corrected chi connectivity index (χ1v) is 9.89. The molecule has 26 heavy (non-hydrogen) atoms. The Labute approximate surface area is 152 Å². The van der Waals surface area contributed by atoms with E-state index in [0.29, 0.717) is 12.3 Å². The molecule has 2 aliphatic carbocycles. The van der Waals surface area contributed by atoms with E-state index in [1.165, 1.54) is 11.3 Å². The number of rotatable bonds is 2. The van der Waals surface area contributed by atoms with Gasteiger partial charge in [-0.3, -0.25) is 14.4 Å². The number of ether oxygens (including phenoxy) is 1. The van der Waals surface area contributed by atoms with Crippen molar-refractivity contribution in [1.82, 2.24) is 4.90 Å². The highest BCUT2D eigenvalue weighted by Crippen LogP contribution is 2.52. The van der Waals surface area contributed by atoms with Crippen LogP contribution in [0.3, 0.4) is 0 Å². The number of allylic oxidation sites excluding steroid dienone is 2. The summed E-state index contributed by atoms with van der Waals surface area (Å²) in [5, 5.41) is 13.4. The summed E-state index contributed by atoms with van der Waals surface area (Å²) in [5.74, 6) is -2.67. The van der Waals surface area contributed by atoms with Crippen LogP contribution < -0.4 is 5.11 Å². The zero-order valence-electron chi connectivity index (χ0n) is 14.9. The predicted octanol–water partition coefficient (Wildman–Crippen LogP) is 0.644. The van der Waals surface area contributed by atoms with Gasteiger partial charge in [-0.2, -0.15) is 0 Å². The molecular formula is C20H24NO5-. The highest BCUT2D eigenvalue weighted by Gasteiger charge is 2.68. The first kappa shape index (κ1) is 16.5. The Kier molecular flexibility index (Phi) is 3.43. The number of carbonyl (C=O) groups is 3. The lowest BCUT2D eigenvalue weighted by molar-refractivity contribution is -0.516. The molecule has 0 aromatic carbocycles. The van der Waals surface area contributed by atoms with Crippen LogP contribution in [0.15, 0.2) is 12.2 Å². The largest absolute Gasteiger partial charge is 0.830 e. The fourth-order valence-corrected chi connectivity index (χ4v) is 6.29. The van der Waals surface area contributed by atoms with Crippen molar-refractivity contribution in [3.05, 3.63) is 12.2 Å². The maximum atomic E-state index is 13.5. The molecule has 6 nitrogen and oxygen atoms in total. The van der Waals surface area contributed by atoms with Gasteiger partial charge < -0.3 is 14.7 Å². The van der Waals surface area contributed by atoms with Crippen LogP contribution >= 0.6 is 0 Å². The smallest absolute Gasteiger partial charge is 0.310 e. The number of hydrogen-bond acceptors (Lipinski definition) is 5. The van der Waals surface area contributed by atoms with E-state index in [0.717, 1.165) is 19.3 Å². The van der Waals surface area contributed by atoms with E-state index in [1.807, 2.05) is 6.92 Å². The van der Waals surface area contributed by atoms with Crippen LogP contribution in [0.5, 0.6) is 0 Å². The molecule has 4 fully saturated rings. The minimum Gasteiger partial charge on any atom is -0.830 e. The van der Waals surface area contributed by atoms with E-state index in [9.17, 15) is 19.5 Å². The summed E-state index contributed by atoms with van der Waals surface area (Å²) in [6.45, 7) is 2.27. The minimum atomic E-state index is -1.87. The molecule has 5 rings (SSSR count). The molecular weight excluding hydrogens is 334 g/mol. The van der Waals surface area contributed by atoms with Gasteiger partial charge in [-0.05, 0) is 37.0 Å². The molecule has 3 aliphatic heterocycles. The van der Waals surface area contributed by atoms with Gasteiger partial charge in [0.15, 0.2) is 5.78 Å². The predicted molar refractivity (Wildman–Crippen MR) is 88.2 cm³/mol. The number of esters is 1. The Morgan fingerprint density at radius 1 is 1.23 bits per heavy atom. The Hall–Kier alpha value is -1.69. The molecule has 140 valence electrons. The van der Waals surface area contributed by atoms with Crippen molar-refractivity contribution in [2.24, 2.45) is 35.5 Å². The molecule has 0 aromatic heterocycles. The van der Waals surface area contributed by atoms with Crippen LogP contribution in [0.1, 0.15) is 39.0 Å². The molecule has 3 heterocycles. The Balaban J connectivity index is 1.50. The standard InChI is InChI=1S/C20H24NO5/c1-10-6-7-11-4-2-3-5-12(11)14(10)16(22)15-17-20(25)13(19(24)26-17)8-9-21(20)18(15)23/h6-7,10-15,17H,2-5,8-9H2,1H3/q-1/t10-,11+,12?,13-,14?,15?,17-,20+/m0/s1. The molecule has 0 spiro atoms. The highest BCUT2D eigenvalue weighted by molar-refractivity contribution is 6.07. The third-order valence-electron chi connectivity index (χ3n) is 7.53. The molecule has 3 unspecified atom stereocenters. The van der Waals surface area contributed by atoms with Gasteiger partial charge in [-0.1, -0.05) is 31.9 Å².